The number of carbonyl (C=O) groups excluding carboxylic acids is 2. The van der Waals surface area contributed by atoms with Crippen LogP contribution in [0.2, 0.25) is 0 Å². The van der Waals surface area contributed by atoms with Crippen molar-refractivity contribution >= 4 is 11.8 Å². The molecule has 3 aromatic rings. The van der Waals surface area contributed by atoms with Crippen LogP contribution in [0.4, 0.5) is 0 Å². The lowest BCUT2D eigenvalue weighted by Gasteiger charge is -2.10. The van der Waals surface area contributed by atoms with E-state index in [1.54, 1.807) is 62.0 Å². The molecule has 8 heteroatoms. The van der Waals surface area contributed by atoms with Gasteiger partial charge in [0.05, 0.1) is 6.61 Å². The average molecular weight is 530 g/mol. The van der Waals surface area contributed by atoms with Crippen molar-refractivity contribution in [3.63, 3.8) is 0 Å². The van der Waals surface area contributed by atoms with Crippen LogP contribution >= 0.6 is 0 Å². The van der Waals surface area contributed by atoms with Gasteiger partial charge in [-0.2, -0.15) is 0 Å². The van der Waals surface area contributed by atoms with Gasteiger partial charge in [0.15, 0.2) is 0 Å². The molecule has 0 bridgehead atoms. The average Bonchev–Trinajstić information content (AvgIpc) is 2.99. The molecule has 8 nitrogen and oxygen atoms in total. The zero-order chi connectivity index (χ0) is 28.5. The summed E-state index contributed by atoms with van der Waals surface area (Å²) < 4.78 is 10.4. The highest BCUT2D eigenvalue weighted by Gasteiger charge is 2.09. The smallest absolute Gasteiger partial charge is 0.251 e. The largest absolute Gasteiger partial charge is 0.492 e. The van der Waals surface area contributed by atoms with Crippen LogP contribution in [0.3, 0.4) is 0 Å². The second-order valence-electron chi connectivity index (χ2n) is 8.11. The molecule has 0 saturated heterocycles. The zero-order valence-corrected chi connectivity index (χ0v) is 22.4. The molecule has 0 radical (unpaired) electrons. The molecule has 0 aliphatic rings. The minimum absolute atomic E-state index is 0.190. The number of carbonyl (C=O) groups is 2. The molecular weight excluding hydrogens is 494 g/mol. The fourth-order valence-electron chi connectivity index (χ4n) is 3.44. The van der Waals surface area contributed by atoms with Gasteiger partial charge in [-0.05, 0) is 64.7 Å². The maximum atomic E-state index is 12.7. The van der Waals surface area contributed by atoms with Crippen molar-refractivity contribution in [1.29, 1.82) is 0 Å². The fraction of sp³-hybridized carbons (Fsp3) is 0.194. The van der Waals surface area contributed by atoms with Gasteiger partial charge in [0.1, 0.15) is 12.4 Å². The second kappa shape index (κ2) is 17.1. The molecule has 1 heterocycles. The van der Waals surface area contributed by atoms with Crippen LogP contribution in [-0.2, 0) is 16.0 Å². The van der Waals surface area contributed by atoms with Crippen LogP contribution in [0, 0.1) is 0 Å². The molecule has 2 amide bonds. The Morgan fingerprint density at radius 1 is 0.923 bits per heavy atom. The molecular formula is C31H35N3O5. The van der Waals surface area contributed by atoms with E-state index in [1.807, 2.05) is 30.3 Å². The van der Waals surface area contributed by atoms with E-state index in [4.69, 9.17) is 14.6 Å². The Hall–Kier alpha value is -4.53. The summed E-state index contributed by atoms with van der Waals surface area (Å²) in [5, 5.41) is 12.8. The van der Waals surface area contributed by atoms with Crippen LogP contribution in [-0.4, -0.2) is 55.9 Å². The number of methoxy groups -OCH3 is 1. The minimum atomic E-state index is -0.237. The number of nitrogens with zero attached hydrogens (tertiary/aromatic N) is 1. The van der Waals surface area contributed by atoms with Gasteiger partial charge in [-0.1, -0.05) is 43.5 Å². The predicted octanol–water partition coefficient (Wildman–Crippen LogP) is 4.31. The van der Waals surface area contributed by atoms with Gasteiger partial charge in [-0.15, -0.1) is 0 Å². The Kier molecular flexibility index (Phi) is 13.4. The molecule has 1 aromatic heterocycles. The first kappa shape index (κ1) is 30.7. The van der Waals surface area contributed by atoms with Crippen molar-refractivity contribution in [2.75, 3.05) is 34.0 Å². The normalized spacial score (nSPS) is 10.5. The summed E-state index contributed by atoms with van der Waals surface area (Å²) in [6.07, 6.45) is 6.83. The number of pyridine rings is 1. The lowest BCUT2D eigenvalue weighted by atomic mass is 10.0. The third kappa shape index (κ3) is 10.4. The van der Waals surface area contributed by atoms with E-state index in [9.17, 15) is 9.59 Å². The predicted molar refractivity (Wildman–Crippen MR) is 153 cm³/mol. The summed E-state index contributed by atoms with van der Waals surface area (Å²) in [5.41, 5.74) is 4.67. The zero-order valence-electron chi connectivity index (χ0n) is 22.4. The molecule has 3 rings (SSSR count). The van der Waals surface area contributed by atoms with E-state index in [0.717, 1.165) is 29.4 Å². The summed E-state index contributed by atoms with van der Waals surface area (Å²) in [6, 6.07) is 18.4. The van der Waals surface area contributed by atoms with Crippen molar-refractivity contribution < 1.29 is 24.2 Å². The standard InChI is InChI=1S/C30H31N3O4.CH4O/c1-4-23(18-22(2)37-17-16-36-3)20-32-30(35)28-7-5-6-24(19-28)21-33-29(34)27-10-8-25(9-11-27)26-12-14-31-15-13-26;1-2/h4-15,18-19H,1-2,16-17,20-21H2,3H3,(H,32,35)(H,33,34);2H,1H3/b23-18+;. The van der Waals surface area contributed by atoms with Crippen LogP contribution < -0.4 is 10.6 Å². The van der Waals surface area contributed by atoms with E-state index in [2.05, 4.69) is 28.8 Å². The molecule has 0 aliphatic carbocycles. The Morgan fingerprint density at radius 2 is 1.59 bits per heavy atom. The Balaban J connectivity index is 0.00000260. The topological polar surface area (TPSA) is 110 Å². The molecule has 0 unspecified atom stereocenters. The number of benzene rings is 2. The van der Waals surface area contributed by atoms with E-state index in [0.29, 0.717) is 36.6 Å². The lowest BCUT2D eigenvalue weighted by molar-refractivity contribution is 0.0947. The number of nitrogens with one attached hydrogen (secondary N) is 2. The number of allylic oxidation sites excluding steroid dienone is 1. The summed E-state index contributed by atoms with van der Waals surface area (Å²) in [6.45, 7) is 9.03. The number of ether oxygens (including phenoxy) is 2. The lowest BCUT2D eigenvalue weighted by Crippen LogP contribution is -2.26. The third-order valence-corrected chi connectivity index (χ3v) is 5.44. The number of aromatic nitrogens is 1. The van der Waals surface area contributed by atoms with Gasteiger partial charge in [0.2, 0.25) is 0 Å². The SMILES string of the molecule is C=C/C(=C\C(=C)OCCOC)CNC(=O)c1cccc(CNC(=O)c2ccc(-c3ccncc3)cc2)c1.CO. The first-order valence-electron chi connectivity index (χ1n) is 12.2. The summed E-state index contributed by atoms with van der Waals surface area (Å²) in [5.74, 6) is 0.0364. The van der Waals surface area contributed by atoms with Gasteiger partial charge in [0, 0.05) is 50.8 Å². The van der Waals surface area contributed by atoms with Gasteiger partial charge >= 0.3 is 0 Å². The highest BCUT2D eigenvalue weighted by atomic mass is 16.5. The van der Waals surface area contributed by atoms with E-state index >= 15 is 0 Å². The summed E-state index contributed by atoms with van der Waals surface area (Å²) >= 11 is 0. The van der Waals surface area contributed by atoms with Crippen molar-refractivity contribution in [2.24, 2.45) is 0 Å². The van der Waals surface area contributed by atoms with E-state index in [1.165, 1.54) is 0 Å². The van der Waals surface area contributed by atoms with E-state index in [-0.39, 0.29) is 18.4 Å². The second-order valence-corrected chi connectivity index (χ2v) is 8.11. The fourth-order valence-corrected chi connectivity index (χ4v) is 3.44. The van der Waals surface area contributed by atoms with E-state index < -0.39 is 0 Å². The minimum Gasteiger partial charge on any atom is -0.492 e. The molecule has 0 saturated carbocycles. The molecule has 2 aromatic carbocycles. The monoisotopic (exact) mass is 529 g/mol. The molecule has 0 aliphatic heterocycles. The summed E-state index contributed by atoms with van der Waals surface area (Å²) in [7, 11) is 2.60. The summed E-state index contributed by atoms with van der Waals surface area (Å²) in [4.78, 5) is 29.3. The van der Waals surface area contributed by atoms with Crippen molar-refractivity contribution in [2.45, 2.75) is 6.54 Å². The first-order chi connectivity index (χ1) is 19.0. The Bertz CT molecular complexity index is 1250. The van der Waals surface area contributed by atoms with Crippen LogP contribution in [0.15, 0.2) is 110 Å². The Morgan fingerprint density at radius 3 is 2.26 bits per heavy atom. The molecule has 0 fully saturated rings. The van der Waals surface area contributed by atoms with Gasteiger partial charge < -0.3 is 25.2 Å². The molecule has 204 valence electrons. The van der Waals surface area contributed by atoms with Crippen LogP contribution in [0.25, 0.3) is 11.1 Å². The van der Waals surface area contributed by atoms with Gasteiger partial charge in [-0.25, -0.2) is 0 Å². The number of aliphatic hydroxyl groups is 1. The Labute approximate surface area is 229 Å². The van der Waals surface area contributed by atoms with Gasteiger partial charge in [0.25, 0.3) is 11.8 Å². The number of hydrogen-bond donors (Lipinski definition) is 3. The van der Waals surface area contributed by atoms with Crippen molar-refractivity contribution in [1.82, 2.24) is 15.6 Å². The number of hydrogen-bond acceptors (Lipinski definition) is 6. The molecule has 0 atom stereocenters. The third-order valence-electron chi connectivity index (χ3n) is 5.44. The van der Waals surface area contributed by atoms with Crippen LogP contribution in [0.1, 0.15) is 26.3 Å². The maximum absolute atomic E-state index is 12.7. The number of aliphatic hydroxyl groups excluding tert-OH is 1. The highest BCUT2D eigenvalue weighted by Crippen LogP contribution is 2.18. The van der Waals surface area contributed by atoms with Crippen LogP contribution in [0.5, 0.6) is 0 Å². The first-order valence-corrected chi connectivity index (χ1v) is 12.2. The number of rotatable bonds is 13. The van der Waals surface area contributed by atoms with Crippen molar-refractivity contribution in [3.05, 3.63) is 126 Å². The molecule has 39 heavy (non-hydrogen) atoms. The maximum Gasteiger partial charge on any atom is 0.251 e. The van der Waals surface area contributed by atoms with Gasteiger partial charge in [-0.3, -0.25) is 14.6 Å². The number of amides is 2. The highest BCUT2D eigenvalue weighted by molar-refractivity contribution is 5.95. The quantitative estimate of drug-likeness (QED) is 0.173. The molecule has 3 N–H and O–H groups in total. The molecule has 0 spiro atoms. The van der Waals surface area contributed by atoms with Crippen molar-refractivity contribution in [3.8, 4) is 11.1 Å².